The fraction of sp³-hybridized carbons (Fsp3) is 0.520. The number of hydrogen-bond acceptors (Lipinski definition) is 0. The maximum absolute atomic E-state index is 15.7. The van der Waals surface area contributed by atoms with Crippen LogP contribution in [0.15, 0.2) is 70.6 Å². The van der Waals surface area contributed by atoms with Gasteiger partial charge < -0.3 is 0 Å². The van der Waals surface area contributed by atoms with E-state index < -0.39 is 0 Å². The van der Waals surface area contributed by atoms with Gasteiger partial charge in [0, 0.05) is 5.92 Å². The molecule has 0 heterocycles. The molecule has 0 nitrogen and oxygen atoms in total. The van der Waals surface area contributed by atoms with E-state index in [1.54, 1.807) is 0 Å². The van der Waals surface area contributed by atoms with Gasteiger partial charge in [0.05, 0.1) is 0 Å². The smallest absolute Gasteiger partial charge is 0.158 e. The molecule has 0 aromatic rings. The molecule has 2 heteroatoms. The van der Waals surface area contributed by atoms with E-state index in [2.05, 4.69) is 53.3 Å². The summed E-state index contributed by atoms with van der Waals surface area (Å²) in [4.78, 5) is 0. The van der Waals surface area contributed by atoms with Crippen LogP contribution in [0.25, 0.3) is 0 Å². The van der Waals surface area contributed by atoms with Crippen molar-refractivity contribution in [1.29, 1.82) is 0 Å². The molecule has 1 aliphatic rings. The third-order valence-electron chi connectivity index (χ3n) is 6.11. The Morgan fingerprint density at radius 3 is 2.52 bits per heavy atom. The summed E-state index contributed by atoms with van der Waals surface area (Å²) in [6, 6.07) is 0. The number of halogens is 1. The lowest BCUT2D eigenvalue weighted by atomic mass is 9.57. The van der Waals surface area contributed by atoms with Gasteiger partial charge in [-0.1, -0.05) is 88.1 Å². The fourth-order valence-corrected chi connectivity index (χ4v) is 4.13. The summed E-state index contributed by atoms with van der Waals surface area (Å²) in [6.07, 6.45) is 12.5. The van der Waals surface area contributed by atoms with Gasteiger partial charge in [0.2, 0.25) is 0 Å². The second kappa shape index (κ2) is 10.1. The van der Waals surface area contributed by atoms with Crippen LogP contribution in [0.3, 0.4) is 0 Å². The summed E-state index contributed by atoms with van der Waals surface area (Å²) in [5.41, 5.74) is 4.64. The first-order chi connectivity index (χ1) is 12.6. The highest BCUT2D eigenvalue weighted by atomic mass is 19.1. The monoisotopic (exact) mass is 368 g/mol. The molecule has 0 N–H and O–H groups in total. The molecule has 2 unspecified atom stereocenters. The van der Waals surface area contributed by atoms with E-state index in [0.29, 0.717) is 5.92 Å². The van der Waals surface area contributed by atoms with Crippen LogP contribution in [0.4, 0.5) is 4.39 Å². The Morgan fingerprint density at radius 1 is 1.41 bits per heavy atom. The van der Waals surface area contributed by atoms with E-state index in [1.807, 2.05) is 38.9 Å². The lowest BCUT2D eigenvalue weighted by molar-refractivity contribution is 0.200. The molecule has 0 spiro atoms. The van der Waals surface area contributed by atoms with E-state index >= 15 is 4.39 Å². The average molecular weight is 368 g/mol. The van der Waals surface area contributed by atoms with Gasteiger partial charge in [0.15, 0.2) is 7.28 Å². The van der Waals surface area contributed by atoms with Gasteiger partial charge in [-0.05, 0) is 56.1 Å². The Balaban J connectivity index is 3.63. The van der Waals surface area contributed by atoms with E-state index in [1.165, 1.54) is 5.57 Å². The minimum atomic E-state index is -0.117. The van der Waals surface area contributed by atoms with E-state index in [-0.39, 0.29) is 17.2 Å². The van der Waals surface area contributed by atoms with Crippen LogP contribution in [0.5, 0.6) is 0 Å². The second-order valence-electron chi connectivity index (χ2n) is 8.34. The summed E-state index contributed by atoms with van der Waals surface area (Å²) >= 11 is 0. The van der Waals surface area contributed by atoms with Crippen LogP contribution >= 0.6 is 0 Å². The van der Waals surface area contributed by atoms with Crippen molar-refractivity contribution in [2.45, 2.75) is 68.1 Å². The van der Waals surface area contributed by atoms with Crippen LogP contribution < -0.4 is 0 Å². The molecule has 0 fully saturated rings. The Kier molecular flexibility index (Phi) is 8.79. The number of hydrogen-bond donors (Lipinski definition) is 0. The third kappa shape index (κ3) is 5.24. The topological polar surface area (TPSA) is 0 Å². The summed E-state index contributed by atoms with van der Waals surface area (Å²) in [5.74, 6) is 0.452. The molecule has 1 rings (SSSR count). The minimum absolute atomic E-state index is 0.0439. The van der Waals surface area contributed by atoms with Gasteiger partial charge in [0.25, 0.3) is 0 Å². The lowest BCUT2D eigenvalue weighted by Crippen LogP contribution is -2.35. The Morgan fingerprint density at radius 2 is 2.04 bits per heavy atom. The van der Waals surface area contributed by atoms with Crippen molar-refractivity contribution in [3.05, 3.63) is 70.6 Å². The average Bonchev–Trinajstić information content (AvgIpc) is 2.59. The molecule has 0 saturated heterocycles. The van der Waals surface area contributed by atoms with E-state index in [0.717, 1.165) is 42.3 Å². The van der Waals surface area contributed by atoms with Gasteiger partial charge in [-0.3, -0.25) is 0 Å². The molecular weight excluding hydrogens is 330 g/mol. The Hall–Kier alpha value is -1.57. The molecule has 1 aliphatic carbocycles. The van der Waals surface area contributed by atoms with Gasteiger partial charge in [-0.2, -0.15) is 0 Å². The molecule has 2 atom stereocenters. The molecule has 0 aromatic carbocycles. The van der Waals surface area contributed by atoms with Crippen molar-refractivity contribution >= 4 is 7.28 Å². The van der Waals surface area contributed by atoms with Crippen molar-refractivity contribution in [3.63, 3.8) is 0 Å². The molecule has 0 amide bonds. The standard InChI is InChI=1S/C25H38BF/c1-10-12-14-25(8,17(3)4)21-16-20(7)23(26-9)24(27)22(21)19(6)15-18(5)13-11-2/h11-15,17,21,26H,6,10,16H2,1-5,7-9H3/b13-11-,14-12?,18-15-. The van der Waals surface area contributed by atoms with Gasteiger partial charge >= 0.3 is 0 Å². The summed E-state index contributed by atoms with van der Waals surface area (Å²) < 4.78 is 15.7. The maximum atomic E-state index is 15.7. The van der Waals surface area contributed by atoms with Crippen molar-refractivity contribution in [2.24, 2.45) is 17.3 Å². The molecular formula is C25H38BF. The largest absolute Gasteiger partial charge is 0.207 e. The third-order valence-corrected chi connectivity index (χ3v) is 6.11. The summed E-state index contributed by atoms with van der Waals surface area (Å²) in [7, 11) is 0.724. The highest BCUT2D eigenvalue weighted by molar-refractivity contribution is 6.45. The normalized spacial score (nSPS) is 21.6. The SMILES string of the molecule is C=C(/C=C(C)\C=C/C)C1=C(F)C(BC)=C(C)CC1C(C)(C=CCC)C(C)C. The van der Waals surface area contributed by atoms with Crippen LogP contribution in [-0.2, 0) is 0 Å². The fourth-order valence-electron chi connectivity index (χ4n) is 4.13. The van der Waals surface area contributed by atoms with Crippen LogP contribution in [0.1, 0.15) is 61.3 Å². The molecule has 27 heavy (non-hydrogen) atoms. The van der Waals surface area contributed by atoms with E-state index in [4.69, 9.17) is 0 Å². The lowest BCUT2D eigenvalue weighted by Gasteiger charge is -2.43. The number of allylic oxidation sites excluding steroid dienone is 11. The molecule has 0 saturated carbocycles. The van der Waals surface area contributed by atoms with Crippen molar-refractivity contribution in [3.8, 4) is 0 Å². The van der Waals surface area contributed by atoms with Gasteiger partial charge in [-0.25, -0.2) is 4.39 Å². The van der Waals surface area contributed by atoms with Crippen LogP contribution in [0, 0.1) is 17.3 Å². The molecule has 0 aromatic heterocycles. The predicted molar refractivity (Wildman–Crippen MR) is 122 cm³/mol. The summed E-state index contributed by atoms with van der Waals surface area (Å²) in [6.45, 7) is 21.4. The van der Waals surface area contributed by atoms with Crippen molar-refractivity contribution in [1.82, 2.24) is 0 Å². The van der Waals surface area contributed by atoms with Crippen LogP contribution in [0.2, 0.25) is 6.82 Å². The zero-order chi connectivity index (χ0) is 20.8. The second-order valence-corrected chi connectivity index (χ2v) is 8.34. The molecule has 0 bridgehead atoms. The number of rotatable bonds is 8. The van der Waals surface area contributed by atoms with E-state index in [9.17, 15) is 0 Å². The molecule has 0 aliphatic heterocycles. The first-order valence-corrected chi connectivity index (χ1v) is 10.4. The highest BCUT2D eigenvalue weighted by Crippen LogP contribution is 2.51. The van der Waals surface area contributed by atoms with Gasteiger partial charge in [0.1, 0.15) is 5.83 Å². The quantitative estimate of drug-likeness (QED) is 0.234. The first-order valence-electron chi connectivity index (χ1n) is 10.4. The maximum Gasteiger partial charge on any atom is 0.158 e. The first kappa shape index (κ1) is 23.5. The molecule has 148 valence electrons. The van der Waals surface area contributed by atoms with Crippen molar-refractivity contribution < 1.29 is 4.39 Å². The Bertz CT molecular complexity index is 700. The predicted octanol–water partition coefficient (Wildman–Crippen LogP) is 7.70. The minimum Gasteiger partial charge on any atom is -0.207 e. The van der Waals surface area contributed by atoms with Crippen molar-refractivity contribution in [2.75, 3.05) is 0 Å². The summed E-state index contributed by atoms with van der Waals surface area (Å²) in [5, 5.41) is 0. The van der Waals surface area contributed by atoms with Gasteiger partial charge in [-0.15, -0.1) is 0 Å². The Labute approximate surface area is 168 Å². The van der Waals surface area contributed by atoms with Crippen LogP contribution in [-0.4, -0.2) is 7.28 Å². The molecule has 0 radical (unpaired) electrons. The zero-order valence-corrected chi connectivity index (χ0v) is 18.7. The highest BCUT2D eigenvalue weighted by Gasteiger charge is 2.41. The zero-order valence-electron chi connectivity index (χ0n) is 18.7.